The normalized spacial score (nSPS) is 17.3. The largest absolute Gasteiger partial charge is 0.497 e. The fraction of sp³-hybridized carbons (Fsp3) is 0.333. The summed E-state index contributed by atoms with van der Waals surface area (Å²) >= 11 is 0. The first kappa shape index (κ1) is 22.1. The van der Waals surface area contributed by atoms with Crippen molar-refractivity contribution >= 4 is 15.7 Å². The van der Waals surface area contributed by atoms with Crippen LogP contribution < -0.4 is 4.74 Å². The van der Waals surface area contributed by atoms with E-state index in [1.54, 1.807) is 18.1 Å². The lowest BCUT2D eigenvalue weighted by atomic mass is 10.0. The van der Waals surface area contributed by atoms with Crippen LogP contribution in [0.25, 0.3) is 11.3 Å². The number of hydrogen-bond acceptors (Lipinski definition) is 6. The van der Waals surface area contributed by atoms with Crippen molar-refractivity contribution in [3.05, 3.63) is 70.9 Å². The zero-order valence-electron chi connectivity index (χ0n) is 18.4. The van der Waals surface area contributed by atoms with Crippen LogP contribution in [-0.2, 0) is 16.4 Å². The van der Waals surface area contributed by atoms with Crippen molar-refractivity contribution in [2.24, 2.45) is 0 Å². The highest BCUT2D eigenvalue weighted by Crippen LogP contribution is 2.27. The van der Waals surface area contributed by atoms with Gasteiger partial charge in [0.15, 0.2) is 21.3 Å². The maximum absolute atomic E-state index is 13.4. The number of carbonyl (C=O) groups excluding carboxylic acids is 1. The standard InChI is InChI=1S/C24H26N2O5S/c1-16-7-8-19(11-17(16)2)23-13-22(25-31-23)24(27)26(20-9-10-32(28,29)15-20)14-18-5-4-6-21(12-18)30-3/h4-8,11-13,20H,9-10,14-15H2,1-3H3/t20-/m0/s1. The second-order valence-corrected chi connectivity index (χ2v) is 10.4. The second kappa shape index (κ2) is 8.78. The molecule has 1 fully saturated rings. The van der Waals surface area contributed by atoms with Crippen LogP contribution in [0.4, 0.5) is 0 Å². The SMILES string of the molecule is COc1cccc(CN(C(=O)c2cc(-c3ccc(C)c(C)c3)on2)[C@H]2CCS(=O)(=O)C2)c1. The zero-order valence-corrected chi connectivity index (χ0v) is 19.2. The zero-order chi connectivity index (χ0) is 22.9. The molecule has 0 N–H and O–H groups in total. The molecule has 0 spiro atoms. The summed E-state index contributed by atoms with van der Waals surface area (Å²) < 4.78 is 35.0. The smallest absolute Gasteiger partial charge is 0.276 e. The summed E-state index contributed by atoms with van der Waals surface area (Å²) in [5.41, 5.74) is 4.12. The van der Waals surface area contributed by atoms with E-state index in [2.05, 4.69) is 5.16 Å². The minimum atomic E-state index is -3.17. The van der Waals surface area contributed by atoms with Crippen molar-refractivity contribution in [2.75, 3.05) is 18.6 Å². The third-order valence-corrected chi connectivity index (χ3v) is 7.67. The van der Waals surface area contributed by atoms with E-state index in [1.807, 2.05) is 56.3 Å². The lowest BCUT2D eigenvalue weighted by Gasteiger charge is -2.27. The molecule has 0 radical (unpaired) electrons. The fourth-order valence-corrected chi connectivity index (χ4v) is 5.64. The summed E-state index contributed by atoms with van der Waals surface area (Å²) in [6, 6.07) is 14.5. The number of nitrogens with zero attached hydrogens (tertiary/aromatic N) is 2. The number of amides is 1. The average molecular weight is 455 g/mol. The Hall–Kier alpha value is -3.13. The van der Waals surface area contributed by atoms with Crippen LogP contribution >= 0.6 is 0 Å². The Kier molecular flexibility index (Phi) is 6.06. The number of aromatic nitrogens is 1. The fourth-order valence-electron chi connectivity index (χ4n) is 3.91. The molecule has 1 amide bonds. The Labute approximate surface area is 187 Å². The van der Waals surface area contributed by atoms with Gasteiger partial charge in [0.2, 0.25) is 0 Å². The van der Waals surface area contributed by atoms with Gasteiger partial charge in [-0.2, -0.15) is 0 Å². The molecular weight excluding hydrogens is 428 g/mol. The Bertz CT molecular complexity index is 1250. The Morgan fingerprint density at radius 1 is 1.16 bits per heavy atom. The summed E-state index contributed by atoms with van der Waals surface area (Å²) in [6.07, 6.45) is 0.403. The second-order valence-electron chi connectivity index (χ2n) is 8.22. The first-order chi connectivity index (χ1) is 15.3. The summed E-state index contributed by atoms with van der Waals surface area (Å²) in [7, 11) is -1.59. The van der Waals surface area contributed by atoms with Gasteiger partial charge in [-0.25, -0.2) is 8.42 Å². The Balaban J connectivity index is 1.64. The number of aryl methyl sites for hydroxylation is 2. The summed E-state index contributed by atoms with van der Waals surface area (Å²) in [5, 5.41) is 4.01. The predicted molar refractivity (Wildman–Crippen MR) is 121 cm³/mol. The third-order valence-electron chi connectivity index (χ3n) is 5.92. The van der Waals surface area contributed by atoms with E-state index < -0.39 is 15.9 Å². The molecule has 1 aliphatic heterocycles. The van der Waals surface area contributed by atoms with Gasteiger partial charge >= 0.3 is 0 Å². The molecule has 0 aliphatic carbocycles. The number of ether oxygens (including phenoxy) is 1. The molecule has 1 aliphatic rings. The molecule has 2 aromatic carbocycles. The first-order valence-electron chi connectivity index (χ1n) is 10.4. The summed E-state index contributed by atoms with van der Waals surface area (Å²) in [6.45, 7) is 4.29. The number of hydrogen-bond donors (Lipinski definition) is 0. The Morgan fingerprint density at radius 3 is 2.66 bits per heavy atom. The van der Waals surface area contributed by atoms with Crippen molar-refractivity contribution in [2.45, 2.75) is 32.9 Å². The average Bonchev–Trinajstić information content (AvgIpc) is 3.40. The van der Waals surface area contributed by atoms with Crippen molar-refractivity contribution in [3.8, 4) is 17.1 Å². The lowest BCUT2D eigenvalue weighted by Crippen LogP contribution is -2.40. The van der Waals surface area contributed by atoms with Gasteiger partial charge < -0.3 is 14.2 Å². The maximum atomic E-state index is 13.4. The van der Waals surface area contributed by atoms with Crippen molar-refractivity contribution in [1.29, 1.82) is 0 Å². The number of benzene rings is 2. The van der Waals surface area contributed by atoms with Crippen LogP contribution in [-0.4, -0.2) is 49.0 Å². The predicted octanol–water partition coefficient (Wildman–Crippen LogP) is 3.80. The van der Waals surface area contributed by atoms with Gasteiger partial charge in [-0.05, 0) is 55.2 Å². The van der Waals surface area contributed by atoms with Gasteiger partial charge in [-0.3, -0.25) is 4.79 Å². The molecule has 0 unspecified atom stereocenters. The van der Waals surface area contributed by atoms with Crippen LogP contribution in [0, 0.1) is 13.8 Å². The summed E-state index contributed by atoms with van der Waals surface area (Å²) in [4.78, 5) is 15.0. The van der Waals surface area contributed by atoms with E-state index in [0.29, 0.717) is 17.9 Å². The van der Waals surface area contributed by atoms with Gasteiger partial charge in [-0.1, -0.05) is 29.4 Å². The Morgan fingerprint density at radius 2 is 1.97 bits per heavy atom. The number of methoxy groups -OCH3 is 1. The molecule has 0 bridgehead atoms. The van der Waals surface area contributed by atoms with Crippen molar-refractivity contribution in [1.82, 2.24) is 10.1 Å². The highest BCUT2D eigenvalue weighted by molar-refractivity contribution is 7.91. The first-order valence-corrected chi connectivity index (χ1v) is 12.3. The van der Waals surface area contributed by atoms with E-state index in [4.69, 9.17) is 9.26 Å². The van der Waals surface area contributed by atoms with Crippen LogP contribution in [0.5, 0.6) is 5.75 Å². The summed E-state index contributed by atoms with van der Waals surface area (Å²) in [5.74, 6) is 0.842. The van der Waals surface area contributed by atoms with Crippen molar-refractivity contribution in [3.63, 3.8) is 0 Å². The highest BCUT2D eigenvalue weighted by atomic mass is 32.2. The number of rotatable bonds is 6. The van der Waals surface area contributed by atoms with E-state index in [1.165, 1.54) is 0 Å². The highest BCUT2D eigenvalue weighted by Gasteiger charge is 2.36. The molecule has 1 atom stereocenters. The molecule has 0 saturated carbocycles. The lowest BCUT2D eigenvalue weighted by molar-refractivity contribution is 0.0670. The van der Waals surface area contributed by atoms with E-state index in [9.17, 15) is 13.2 Å². The number of carbonyl (C=O) groups is 1. The van der Waals surface area contributed by atoms with Gasteiger partial charge in [0.1, 0.15) is 5.75 Å². The minimum Gasteiger partial charge on any atom is -0.497 e. The van der Waals surface area contributed by atoms with Gasteiger partial charge in [0, 0.05) is 24.2 Å². The van der Waals surface area contributed by atoms with Crippen LogP contribution in [0.3, 0.4) is 0 Å². The number of sulfone groups is 1. The van der Waals surface area contributed by atoms with Gasteiger partial charge in [-0.15, -0.1) is 0 Å². The van der Waals surface area contributed by atoms with E-state index in [0.717, 1.165) is 22.3 Å². The van der Waals surface area contributed by atoms with Crippen LogP contribution in [0.15, 0.2) is 53.1 Å². The van der Waals surface area contributed by atoms with Gasteiger partial charge in [0.05, 0.1) is 18.6 Å². The molecule has 8 heteroatoms. The third kappa shape index (κ3) is 4.70. The monoisotopic (exact) mass is 454 g/mol. The molecule has 1 aromatic heterocycles. The topological polar surface area (TPSA) is 89.7 Å². The molecule has 4 rings (SSSR count). The molecule has 168 valence electrons. The maximum Gasteiger partial charge on any atom is 0.276 e. The molecular formula is C24H26N2O5S. The molecule has 1 saturated heterocycles. The molecule has 3 aromatic rings. The molecule has 32 heavy (non-hydrogen) atoms. The van der Waals surface area contributed by atoms with E-state index >= 15 is 0 Å². The molecule has 2 heterocycles. The van der Waals surface area contributed by atoms with Crippen LogP contribution in [0.1, 0.15) is 33.6 Å². The quantitative estimate of drug-likeness (QED) is 0.563. The van der Waals surface area contributed by atoms with E-state index in [-0.39, 0.29) is 29.7 Å². The van der Waals surface area contributed by atoms with Crippen molar-refractivity contribution < 1.29 is 22.5 Å². The van der Waals surface area contributed by atoms with Gasteiger partial charge in [0.25, 0.3) is 5.91 Å². The minimum absolute atomic E-state index is 0.0510. The molecule has 7 nitrogen and oxygen atoms in total. The van der Waals surface area contributed by atoms with Crippen LogP contribution in [0.2, 0.25) is 0 Å².